The lowest BCUT2D eigenvalue weighted by Gasteiger charge is -2.36. The highest BCUT2D eigenvalue weighted by atomic mass is 16.5. The lowest BCUT2D eigenvalue weighted by atomic mass is 9.80. The summed E-state index contributed by atoms with van der Waals surface area (Å²) in [4.78, 5) is 63.6. The molecule has 7 rings (SSSR count). The first-order valence-corrected chi connectivity index (χ1v) is 26.4. The molecule has 4 amide bonds. The van der Waals surface area contributed by atoms with Crippen molar-refractivity contribution in [1.82, 2.24) is 9.80 Å². The molecule has 0 spiro atoms. The standard InChI is InChI=1S/C58H78N2O6/c1-9-15-19-23-27-39(28-24-20-16-10-2)59-55(61)43-33-31-41-49-42(32-34-44(50(43)49)56(59)62)53-48(66-38(8)14-6)36-46-51-45(35-47(52(41)54(51)53)65-37(7)13-5)57(63)60(58(46)64)40(29-25-21-17-11-3)30-26-22-18-12-4/h31-40H,9-30H2,1-8H3. The van der Waals surface area contributed by atoms with Gasteiger partial charge in [0.15, 0.2) is 0 Å². The van der Waals surface area contributed by atoms with E-state index in [9.17, 15) is 9.59 Å². The Morgan fingerprint density at radius 2 is 0.727 bits per heavy atom. The van der Waals surface area contributed by atoms with Gasteiger partial charge >= 0.3 is 0 Å². The van der Waals surface area contributed by atoms with Gasteiger partial charge in [0.25, 0.3) is 23.6 Å². The third-order valence-electron chi connectivity index (χ3n) is 14.9. The van der Waals surface area contributed by atoms with Crippen LogP contribution in [-0.4, -0.2) is 57.7 Å². The summed E-state index contributed by atoms with van der Waals surface area (Å²) >= 11 is 0. The van der Waals surface area contributed by atoms with Gasteiger partial charge in [-0.2, -0.15) is 0 Å². The summed E-state index contributed by atoms with van der Waals surface area (Å²) < 4.78 is 13.8. The molecule has 0 radical (unpaired) electrons. The number of ether oxygens (including phenoxy) is 2. The van der Waals surface area contributed by atoms with Crippen molar-refractivity contribution in [2.45, 2.75) is 221 Å². The van der Waals surface area contributed by atoms with Crippen LogP contribution in [0.3, 0.4) is 0 Å². The average molecular weight is 899 g/mol. The number of nitrogens with zero attached hydrogens (tertiary/aromatic N) is 2. The number of hydrogen-bond donors (Lipinski definition) is 0. The zero-order valence-electron chi connectivity index (χ0n) is 41.7. The van der Waals surface area contributed by atoms with Crippen LogP contribution in [0.25, 0.3) is 43.1 Å². The van der Waals surface area contributed by atoms with Gasteiger partial charge in [-0.1, -0.05) is 156 Å². The van der Waals surface area contributed by atoms with Gasteiger partial charge < -0.3 is 9.47 Å². The normalized spacial score (nSPS) is 15.0. The highest BCUT2D eigenvalue weighted by molar-refractivity contribution is 6.43. The fraction of sp³-hybridized carbons (Fsp3) is 0.586. The zero-order chi connectivity index (χ0) is 47.1. The van der Waals surface area contributed by atoms with Gasteiger partial charge in [0.2, 0.25) is 0 Å². The van der Waals surface area contributed by atoms with Crippen molar-refractivity contribution in [1.29, 1.82) is 0 Å². The van der Waals surface area contributed by atoms with Crippen LogP contribution in [0.15, 0.2) is 36.4 Å². The summed E-state index contributed by atoms with van der Waals surface area (Å²) in [5.74, 6) is 0.126. The molecule has 0 bridgehead atoms. The van der Waals surface area contributed by atoms with E-state index < -0.39 is 0 Å². The highest BCUT2D eigenvalue weighted by Gasteiger charge is 2.42. The molecule has 0 saturated carbocycles. The lowest BCUT2D eigenvalue weighted by Crippen LogP contribution is -2.47. The van der Waals surface area contributed by atoms with Gasteiger partial charge in [0, 0.05) is 50.1 Å². The van der Waals surface area contributed by atoms with Crippen LogP contribution in [0.2, 0.25) is 0 Å². The number of carbonyl (C=O) groups excluding carboxylic acids is 4. The first-order chi connectivity index (χ1) is 32.1. The number of unbranched alkanes of at least 4 members (excludes halogenated alkanes) is 12. The molecule has 8 heteroatoms. The van der Waals surface area contributed by atoms with Crippen LogP contribution in [0.1, 0.15) is 238 Å². The van der Waals surface area contributed by atoms with Crippen molar-refractivity contribution in [3.8, 4) is 11.5 Å². The van der Waals surface area contributed by atoms with E-state index in [1.165, 1.54) is 0 Å². The first-order valence-electron chi connectivity index (χ1n) is 26.4. The predicted molar refractivity (Wildman–Crippen MR) is 272 cm³/mol. The molecule has 2 aliphatic rings. The van der Waals surface area contributed by atoms with E-state index in [0.29, 0.717) is 44.5 Å². The topological polar surface area (TPSA) is 93.2 Å². The van der Waals surface area contributed by atoms with Crippen LogP contribution >= 0.6 is 0 Å². The Labute approximate surface area is 394 Å². The quantitative estimate of drug-likeness (QED) is 0.0215. The molecule has 5 aromatic rings. The zero-order valence-corrected chi connectivity index (χ0v) is 41.7. The molecular weight excluding hydrogens is 821 g/mol. The molecule has 8 nitrogen and oxygen atoms in total. The molecule has 2 heterocycles. The van der Waals surface area contributed by atoms with Gasteiger partial charge in [-0.05, 0) is 92.8 Å². The molecule has 0 saturated heterocycles. The van der Waals surface area contributed by atoms with Gasteiger partial charge in [-0.15, -0.1) is 0 Å². The predicted octanol–water partition coefficient (Wildman–Crippen LogP) is 15.9. The second-order valence-electron chi connectivity index (χ2n) is 19.8. The van der Waals surface area contributed by atoms with Crippen LogP contribution in [0.4, 0.5) is 0 Å². The maximum Gasteiger partial charge on any atom is 0.261 e. The van der Waals surface area contributed by atoms with Crippen LogP contribution in [0.5, 0.6) is 11.5 Å². The van der Waals surface area contributed by atoms with Gasteiger partial charge in [-0.25, -0.2) is 0 Å². The number of fused-ring (bicyclic) bond motifs is 2. The average Bonchev–Trinajstić information content (AvgIpc) is 3.32. The van der Waals surface area contributed by atoms with E-state index >= 15 is 9.59 Å². The first kappa shape index (κ1) is 49.2. The number of amides is 4. The van der Waals surface area contributed by atoms with E-state index in [1.54, 1.807) is 9.80 Å². The van der Waals surface area contributed by atoms with Crippen LogP contribution in [-0.2, 0) is 0 Å². The summed E-state index contributed by atoms with van der Waals surface area (Å²) in [5.41, 5.74) is 2.02. The van der Waals surface area contributed by atoms with Gasteiger partial charge in [0.05, 0.1) is 23.3 Å². The lowest BCUT2D eigenvalue weighted by molar-refractivity contribution is 0.0501. The Kier molecular flexibility index (Phi) is 16.7. The second-order valence-corrected chi connectivity index (χ2v) is 19.8. The third kappa shape index (κ3) is 9.54. The van der Waals surface area contributed by atoms with E-state index in [0.717, 1.165) is 174 Å². The van der Waals surface area contributed by atoms with Crippen molar-refractivity contribution in [2.24, 2.45) is 0 Å². The maximum absolute atomic E-state index is 15.2. The van der Waals surface area contributed by atoms with Crippen LogP contribution < -0.4 is 9.47 Å². The Bertz CT molecular complexity index is 2360. The SMILES string of the molecule is CCCCCCC(CCCCCC)N1C(=O)c2ccc3c4c(OC(C)CC)cc5c6c(cc(OC(C)CC)c(c7ccc(c2c37)C1=O)c64)C(=O)N(C(CCCCCC)CCCCCC)C5=O. The largest absolute Gasteiger partial charge is 0.490 e. The van der Waals surface area contributed by atoms with E-state index in [4.69, 9.17) is 9.47 Å². The molecule has 66 heavy (non-hydrogen) atoms. The summed E-state index contributed by atoms with van der Waals surface area (Å²) in [6, 6.07) is 11.2. The third-order valence-corrected chi connectivity index (χ3v) is 14.9. The van der Waals surface area contributed by atoms with Gasteiger partial charge in [0.1, 0.15) is 11.5 Å². The number of rotatable bonds is 28. The molecule has 2 aliphatic heterocycles. The maximum atomic E-state index is 15.2. The van der Waals surface area contributed by atoms with E-state index in [-0.39, 0.29) is 47.9 Å². The summed E-state index contributed by atoms with van der Waals surface area (Å²) in [6.45, 7) is 17.1. The number of imide groups is 2. The number of hydrogen-bond acceptors (Lipinski definition) is 6. The molecule has 0 aromatic heterocycles. The Balaban J connectivity index is 1.47. The molecule has 356 valence electrons. The minimum absolute atomic E-state index is 0.168. The Hall–Kier alpha value is -4.72. The smallest absolute Gasteiger partial charge is 0.261 e. The molecule has 2 unspecified atom stereocenters. The fourth-order valence-electron chi connectivity index (χ4n) is 10.9. The number of benzene rings is 5. The highest BCUT2D eigenvalue weighted by Crippen LogP contribution is 2.53. The molecular formula is C58H78N2O6. The molecule has 0 fully saturated rings. The van der Waals surface area contributed by atoms with Crippen molar-refractivity contribution < 1.29 is 28.7 Å². The minimum atomic E-state index is -0.267. The van der Waals surface area contributed by atoms with E-state index in [1.807, 2.05) is 50.2 Å². The second kappa shape index (κ2) is 22.4. The minimum Gasteiger partial charge on any atom is -0.490 e. The molecule has 5 aromatic carbocycles. The van der Waals surface area contributed by atoms with Crippen molar-refractivity contribution in [3.63, 3.8) is 0 Å². The monoisotopic (exact) mass is 899 g/mol. The summed E-state index contributed by atoms with van der Waals surface area (Å²) in [5, 5.41) is 6.04. The van der Waals surface area contributed by atoms with Crippen molar-refractivity contribution >= 4 is 66.7 Å². The fourth-order valence-corrected chi connectivity index (χ4v) is 10.9. The summed E-state index contributed by atoms with van der Waals surface area (Å²) in [6.07, 6.45) is 21.5. The molecule has 2 atom stereocenters. The Morgan fingerprint density at radius 1 is 0.394 bits per heavy atom. The van der Waals surface area contributed by atoms with E-state index in [2.05, 4.69) is 41.5 Å². The molecule has 0 aliphatic carbocycles. The summed E-state index contributed by atoms with van der Waals surface area (Å²) in [7, 11) is 0. The van der Waals surface area contributed by atoms with Gasteiger partial charge in [-0.3, -0.25) is 29.0 Å². The van der Waals surface area contributed by atoms with Crippen molar-refractivity contribution in [3.05, 3.63) is 58.7 Å². The van der Waals surface area contributed by atoms with Crippen LogP contribution in [0, 0.1) is 0 Å². The number of carbonyl (C=O) groups is 4. The van der Waals surface area contributed by atoms with Crippen molar-refractivity contribution in [2.75, 3.05) is 0 Å². The molecule has 0 N–H and O–H groups in total. The Morgan fingerprint density at radius 3 is 1.06 bits per heavy atom.